The third-order valence-corrected chi connectivity index (χ3v) is 28.1. The van der Waals surface area contributed by atoms with Crippen LogP contribution in [0, 0.1) is 0 Å². The number of hydrogen-bond acceptors (Lipinski definition) is 0. The number of hydrogen-bond donors (Lipinski definition) is 0. The zero-order chi connectivity index (χ0) is 16.7. The fraction of sp³-hybridized carbons (Fsp3) is 0.579. The third kappa shape index (κ3) is 5.23. The summed E-state index contributed by atoms with van der Waals surface area (Å²) in [6.45, 7) is 20.2. The van der Waals surface area contributed by atoms with Crippen LogP contribution in [0.5, 0.6) is 0 Å². The molecule has 0 heterocycles. The van der Waals surface area contributed by atoms with E-state index in [0.717, 1.165) is 0 Å². The van der Waals surface area contributed by atoms with Crippen LogP contribution < -0.4 is 0 Å². The van der Waals surface area contributed by atoms with Crippen LogP contribution in [0.15, 0.2) is 41.3 Å². The van der Waals surface area contributed by atoms with Crippen molar-refractivity contribution < 1.29 is 20.9 Å². The van der Waals surface area contributed by atoms with E-state index >= 15 is 0 Å². The molecule has 0 nitrogen and oxygen atoms in total. The first-order valence-electron chi connectivity index (χ1n) is 8.70. The molecule has 129 valence electrons. The van der Waals surface area contributed by atoms with E-state index in [1.165, 1.54) is 12.8 Å². The van der Waals surface area contributed by atoms with Crippen LogP contribution in [0.3, 0.4) is 0 Å². The number of rotatable bonds is 5. The minimum atomic E-state index is -1.50. The Bertz CT molecular complexity index is 518. The van der Waals surface area contributed by atoms with Gasteiger partial charge in [0.15, 0.2) is 0 Å². The van der Waals surface area contributed by atoms with E-state index in [9.17, 15) is 0 Å². The Balaban J connectivity index is 0.00000264. The van der Waals surface area contributed by atoms with Crippen molar-refractivity contribution in [2.75, 3.05) is 0 Å². The predicted octanol–water partition coefficient (Wildman–Crippen LogP) is 6.41. The van der Waals surface area contributed by atoms with Gasteiger partial charge in [0.1, 0.15) is 0 Å². The second-order valence-corrected chi connectivity index (χ2v) is 38.7. The van der Waals surface area contributed by atoms with Crippen LogP contribution in [0.4, 0.5) is 0 Å². The van der Waals surface area contributed by atoms with Crippen molar-refractivity contribution in [3.8, 4) is 0 Å². The molecule has 0 unspecified atom stereocenters. The van der Waals surface area contributed by atoms with Gasteiger partial charge in [0.25, 0.3) is 0 Å². The molecule has 23 heavy (non-hydrogen) atoms. The second kappa shape index (κ2) is 7.80. The molecule has 0 aromatic rings. The van der Waals surface area contributed by atoms with E-state index in [1.807, 2.05) is 6.56 Å². The van der Waals surface area contributed by atoms with Crippen molar-refractivity contribution in [2.45, 2.75) is 72.6 Å². The molecule has 2 aliphatic rings. The maximum absolute atomic E-state index is 2.68. The second-order valence-electron chi connectivity index (χ2n) is 9.13. The summed E-state index contributed by atoms with van der Waals surface area (Å²) >= 11 is -1.50. The average molecular weight is 441 g/mol. The average Bonchev–Trinajstić information content (AvgIpc) is 2.95. The molecule has 0 aromatic heterocycles. The van der Waals surface area contributed by atoms with Gasteiger partial charge in [0.05, 0.1) is 0 Å². The molecule has 0 saturated carbocycles. The Hall–Kier alpha value is 0.494. The summed E-state index contributed by atoms with van der Waals surface area (Å²) in [6, 6.07) is 0. The fourth-order valence-electron chi connectivity index (χ4n) is 3.42. The SMILES string of the molecule is C.C[SiH](C)[Zr]([C]1=CC([Si](C)(C)C)=CC1)[C]1=CC([Si](C)(C)C)=CC1. The molecule has 0 radical (unpaired) electrons. The Morgan fingerprint density at radius 3 is 1.35 bits per heavy atom. The van der Waals surface area contributed by atoms with E-state index in [4.69, 9.17) is 0 Å². The molecule has 0 atom stereocenters. The van der Waals surface area contributed by atoms with Crippen LogP contribution in [0.1, 0.15) is 20.3 Å². The van der Waals surface area contributed by atoms with Crippen molar-refractivity contribution in [1.29, 1.82) is 0 Å². The first kappa shape index (κ1) is 21.5. The third-order valence-electron chi connectivity index (χ3n) is 4.74. The molecular formula is C19H37Si3Zr. The van der Waals surface area contributed by atoms with Crippen molar-refractivity contribution in [3.63, 3.8) is 0 Å². The first-order valence-corrected chi connectivity index (χ1v) is 25.3. The molecule has 0 bridgehead atoms. The molecule has 0 amide bonds. The molecule has 0 N–H and O–H groups in total. The van der Waals surface area contributed by atoms with Gasteiger partial charge in [-0.25, -0.2) is 0 Å². The van der Waals surface area contributed by atoms with Crippen molar-refractivity contribution in [1.82, 2.24) is 0 Å². The monoisotopic (exact) mass is 439 g/mol. The van der Waals surface area contributed by atoms with Crippen molar-refractivity contribution in [3.05, 3.63) is 41.3 Å². The molecule has 0 aromatic carbocycles. The summed E-state index contributed by atoms with van der Waals surface area (Å²) in [5, 5.41) is 3.46. The molecule has 0 spiro atoms. The normalized spacial score (nSPS) is 18.3. The molecule has 0 saturated heterocycles. The van der Waals surface area contributed by atoms with Gasteiger partial charge in [-0.2, -0.15) is 0 Å². The topological polar surface area (TPSA) is 0 Å². The van der Waals surface area contributed by atoms with Gasteiger partial charge in [-0.3, -0.25) is 0 Å². The van der Waals surface area contributed by atoms with Gasteiger partial charge in [-0.1, -0.05) is 7.43 Å². The molecular weight excluding hydrogens is 404 g/mol. The van der Waals surface area contributed by atoms with Gasteiger partial charge in [-0.15, -0.1) is 0 Å². The molecule has 0 aliphatic heterocycles. The van der Waals surface area contributed by atoms with Gasteiger partial charge in [0.2, 0.25) is 0 Å². The van der Waals surface area contributed by atoms with E-state index in [2.05, 4.69) is 76.7 Å². The van der Waals surface area contributed by atoms with Gasteiger partial charge < -0.3 is 0 Å². The van der Waals surface area contributed by atoms with Crippen LogP contribution in [-0.2, 0) is 20.9 Å². The maximum atomic E-state index is 2.68. The summed E-state index contributed by atoms with van der Waals surface area (Å²) in [5.41, 5.74) is 0. The predicted molar refractivity (Wildman–Crippen MR) is 114 cm³/mol. The Labute approximate surface area is 156 Å². The van der Waals surface area contributed by atoms with Crippen molar-refractivity contribution >= 4 is 22.1 Å². The zero-order valence-electron chi connectivity index (χ0n) is 15.8. The first-order chi connectivity index (χ1) is 10.00. The van der Waals surface area contributed by atoms with Gasteiger partial charge >= 0.3 is 149 Å². The van der Waals surface area contributed by atoms with Crippen LogP contribution in [0.25, 0.3) is 0 Å². The summed E-state index contributed by atoms with van der Waals surface area (Å²) < 4.78 is 3.86. The minimum absolute atomic E-state index is 0. The van der Waals surface area contributed by atoms with Crippen LogP contribution in [0.2, 0.25) is 52.4 Å². The summed E-state index contributed by atoms with van der Waals surface area (Å²) in [6.07, 6.45) is 13.1. The summed E-state index contributed by atoms with van der Waals surface area (Å²) in [7, 11) is -2.25. The van der Waals surface area contributed by atoms with E-state index in [0.29, 0.717) is 0 Å². The summed E-state index contributed by atoms with van der Waals surface area (Å²) in [5.74, 6) is -0.530. The fourth-order valence-corrected chi connectivity index (χ4v) is 25.7. The number of allylic oxidation sites excluding steroid dienone is 8. The Morgan fingerprint density at radius 1 is 0.783 bits per heavy atom. The molecule has 2 aliphatic carbocycles. The molecule has 4 heteroatoms. The van der Waals surface area contributed by atoms with E-state index < -0.39 is 43.0 Å². The van der Waals surface area contributed by atoms with Gasteiger partial charge in [-0.05, 0) is 0 Å². The van der Waals surface area contributed by atoms with E-state index in [-0.39, 0.29) is 7.43 Å². The van der Waals surface area contributed by atoms with Crippen molar-refractivity contribution in [2.24, 2.45) is 0 Å². The molecule has 2 rings (SSSR count). The quantitative estimate of drug-likeness (QED) is 0.433. The Kier molecular flexibility index (Phi) is 7.31. The van der Waals surface area contributed by atoms with Crippen LogP contribution in [-0.4, -0.2) is 22.1 Å². The standard InChI is InChI=1S/2C8H13Si.C2H7Si.CH4.Zr/c2*1-9(2,3)8-6-4-5-7-8;1-3-2;;/h2*6-7H,4H2,1-3H3;3H,1-2H3;1H4;. The van der Waals surface area contributed by atoms with E-state index in [1.54, 1.807) is 10.4 Å². The van der Waals surface area contributed by atoms with Gasteiger partial charge in [0, 0.05) is 0 Å². The zero-order valence-corrected chi connectivity index (χ0v) is 21.4. The molecule has 0 fully saturated rings. The van der Waals surface area contributed by atoms with Crippen LogP contribution >= 0.6 is 0 Å². The Morgan fingerprint density at radius 2 is 1.13 bits per heavy atom. The summed E-state index contributed by atoms with van der Waals surface area (Å²) in [4.78, 5) is 0.